The standard InChI is InChI=1S/C15H23N5S/c1-21(2)14-4-3-12-15(20-14)19-13(10-17-12)18-9-11-5-7-16-8-6-11/h3-4,10-11,16,21H,5-9H2,1-2H3,(H,18,19,20). The van der Waals surface area contributed by atoms with Gasteiger partial charge in [0.25, 0.3) is 0 Å². The smallest absolute Gasteiger partial charge is 0.181 e. The molecule has 0 spiro atoms. The van der Waals surface area contributed by atoms with Crippen LogP contribution in [-0.2, 0) is 0 Å². The highest BCUT2D eigenvalue weighted by molar-refractivity contribution is 8.15. The summed E-state index contributed by atoms with van der Waals surface area (Å²) >= 11 is 0. The van der Waals surface area contributed by atoms with Gasteiger partial charge < -0.3 is 10.6 Å². The third-order valence-electron chi connectivity index (χ3n) is 3.88. The van der Waals surface area contributed by atoms with Gasteiger partial charge >= 0.3 is 0 Å². The van der Waals surface area contributed by atoms with E-state index in [9.17, 15) is 0 Å². The highest BCUT2D eigenvalue weighted by atomic mass is 32.2. The second-order valence-corrected chi connectivity index (χ2v) is 7.98. The molecule has 0 aromatic carbocycles. The number of anilines is 1. The molecule has 2 aromatic heterocycles. The Balaban J connectivity index is 1.73. The molecule has 0 aliphatic carbocycles. The van der Waals surface area contributed by atoms with Crippen LogP contribution in [0, 0.1) is 5.92 Å². The number of thiol groups is 1. The van der Waals surface area contributed by atoms with Crippen LogP contribution < -0.4 is 10.6 Å². The Morgan fingerprint density at radius 3 is 2.81 bits per heavy atom. The molecule has 0 unspecified atom stereocenters. The van der Waals surface area contributed by atoms with Gasteiger partial charge in [-0.15, -0.1) is 0 Å². The molecule has 5 nitrogen and oxygen atoms in total. The summed E-state index contributed by atoms with van der Waals surface area (Å²) in [5, 5.41) is 7.94. The molecule has 1 fully saturated rings. The van der Waals surface area contributed by atoms with E-state index in [4.69, 9.17) is 0 Å². The second-order valence-electron chi connectivity index (χ2n) is 5.74. The van der Waals surface area contributed by atoms with Crippen LogP contribution in [0.4, 0.5) is 5.82 Å². The largest absolute Gasteiger partial charge is 0.368 e. The molecular weight excluding hydrogens is 282 g/mol. The van der Waals surface area contributed by atoms with Crippen LogP contribution in [-0.4, -0.2) is 47.1 Å². The Morgan fingerprint density at radius 1 is 1.24 bits per heavy atom. The second kappa shape index (κ2) is 6.58. The van der Waals surface area contributed by atoms with Gasteiger partial charge in [0.1, 0.15) is 11.3 Å². The predicted molar refractivity (Wildman–Crippen MR) is 90.5 cm³/mol. The van der Waals surface area contributed by atoms with Gasteiger partial charge in [0.2, 0.25) is 0 Å². The zero-order valence-corrected chi connectivity index (χ0v) is 13.5. The lowest BCUT2D eigenvalue weighted by atomic mass is 9.98. The van der Waals surface area contributed by atoms with Gasteiger partial charge in [0.15, 0.2) is 5.65 Å². The topological polar surface area (TPSA) is 62.7 Å². The molecule has 114 valence electrons. The highest BCUT2D eigenvalue weighted by Gasteiger charge is 2.13. The van der Waals surface area contributed by atoms with Crippen molar-refractivity contribution in [3.63, 3.8) is 0 Å². The zero-order chi connectivity index (χ0) is 14.7. The van der Waals surface area contributed by atoms with Crippen LogP contribution in [0.3, 0.4) is 0 Å². The number of rotatable bonds is 4. The maximum absolute atomic E-state index is 4.64. The summed E-state index contributed by atoms with van der Waals surface area (Å²) in [6.07, 6.45) is 8.68. The Kier molecular flexibility index (Phi) is 4.55. The van der Waals surface area contributed by atoms with Gasteiger partial charge in [0.05, 0.1) is 11.2 Å². The molecule has 0 radical (unpaired) electrons. The van der Waals surface area contributed by atoms with E-state index in [0.29, 0.717) is 0 Å². The molecule has 0 saturated carbocycles. The van der Waals surface area contributed by atoms with Crippen LogP contribution in [0.15, 0.2) is 23.4 Å². The first-order chi connectivity index (χ1) is 10.2. The fraction of sp³-hybridized carbons (Fsp3) is 0.533. The maximum atomic E-state index is 4.64. The van der Waals surface area contributed by atoms with Crippen molar-refractivity contribution < 1.29 is 0 Å². The molecular formula is C15H23N5S. The van der Waals surface area contributed by atoms with Crippen LogP contribution in [0.25, 0.3) is 11.2 Å². The van der Waals surface area contributed by atoms with Crippen molar-refractivity contribution in [2.24, 2.45) is 5.92 Å². The molecule has 1 saturated heterocycles. The minimum absolute atomic E-state index is 0.203. The van der Waals surface area contributed by atoms with Gasteiger partial charge in [0, 0.05) is 6.54 Å². The van der Waals surface area contributed by atoms with E-state index in [2.05, 4.69) is 44.2 Å². The van der Waals surface area contributed by atoms with Gasteiger partial charge in [-0.25, -0.2) is 25.8 Å². The summed E-state index contributed by atoms with van der Waals surface area (Å²) < 4.78 is 0. The highest BCUT2D eigenvalue weighted by Crippen LogP contribution is 2.27. The Morgan fingerprint density at radius 2 is 2.05 bits per heavy atom. The molecule has 0 amide bonds. The van der Waals surface area contributed by atoms with E-state index in [-0.39, 0.29) is 10.9 Å². The Hall–Kier alpha value is -1.40. The van der Waals surface area contributed by atoms with Crippen LogP contribution in [0.5, 0.6) is 0 Å². The average molecular weight is 305 g/mol. The summed E-state index contributed by atoms with van der Waals surface area (Å²) in [5.74, 6) is 1.56. The summed E-state index contributed by atoms with van der Waals surface area (Å²) in [7, 11) is -0.203. The maximum Gasteiger partial charge on any atom is 0.181 e. The lowest BCUT2D eigenvalue weighted by Crippen LogP contribution is -2.31. The number of nitrogens with zero attached hydrogens (tertiary/aromatic N) is 3. The van der Waals surface area contributed by atoms with Gasteiger partial charge in [-0.05, 0) is 56.5 Å². The normalized spacial score (nSPS) is 17.0. The van der Waals surface area contributed by atoms with Crippen molar-refractivity contribution in [1.82, 2.24) is 20.3 Å². The summed E-state index contributed by atoms with van der Waals surface area (Å²) in [5.41, 5.74) is 1.61. The van der Waals surface area contributed by atoms with E-state index in [1.54, 1.807) is 0 Å². The van der Waals surface area contributed by atoms with Crippen molar-refractivity contribution in [2.45, 2.75) is 17.9 Å². The predicted octanol–water partition coefficient (Wildman–Crippen LogP) is 2.06. The van der Waals surface area contributed by atoms with Gasteiger partial charge in [-0.1, -0.05) is 0 Å². The quantitative estimate of drug-likeness (QED) is 0.755. The van der Waals surface area contributed by atoms with Crippen molar-refractivity contribution in [2.75, 3.05) is 37.5 Å². The van der Waals surface area contributed by atoms with E-state index in [0.717, 1.165) is 47.6 Å². The third kappa shape index (κ3) is 3.63. The first-order valence-electron chi connectivity index (χ1n) is 7.48. The number of fused-ring (bicyclic) bond motifs is 1. The lowest BCUT2D eigenvalue weighted by Gasteiger charge is -2.22. The Bertz CT molecular complexity index is 610. The summed E-state index contributed by atoms with van der Waals surface area (Å²) in [6, 6.07) is 4.08. The lowest BCUT2D eigenvalue weighted by molar-refractivity contribution is 0.389. The molecule has 2 N–H and O–H groups in total. The van der Waals surface area contributed by atoms with Crippen LogP contribution >= 0.6 is 10.9 Å². The molecule has 3 rings (SSSR count). The number of aromatic nitrogens is 3. The number of pyridine rings is 1. The zero-order valence-electron chi connectivity index (χ0n) is 12.6. The van der Waals surface area contributed by atoms with Gasteiger partial charge in [-0.2, -0.15) is 0 Å². The molecule has 0 atom stereocenters. The van der Waals surface area contributed by atoms with Crippen molar-refractivity contribution in [1.29, 1.82) is 0 Å². The third-order valence-corrected chi connectivity index (χ3v) is 5.05. The first-order valence-corrected chi connectivity index (χ1v) is 9.72. The SMILES string of the molecule is C[SH](C)c1ccc2ncc(NCC3CCNCC3)nc2n1. The van der Waals surface area contributed by atoms with E-state index < -0.39 is 0 Å². The molecule has 2 aromatic rings. The molecule has 3 heterocycles. The minimum Gasteiger partial charge on any atom is -0.368 e. The number of nitrogens with one attached hydrogen (secondary N) is 2. The first kappa shape index (κ1) is 14.5. The van der Waals surface area contributed by atoms with E-state index in [1.807, 2.05) is 12.3 Å². The monoisotopic (exact) mass is 305 g/mol. The van der Waals surface area contributed by atoms with Crippen molar-refractivity contribution in [3.05, 3.63) is 18.3 Å². The number of piperidine rings is 1. The van der Waals surface area contributed by atoms with Crippen molar-refractivity contribution in [3.8, 4) is 0 Å². The summed E-state index contributed by atoms with van der Waals surface area (Å²) in [6.45, 7) is 3.21. The fourth-order valence-corrected chi connectivity index (χ4v) is 3.22. The molecule has 1 aliphatic rings. The Labute approximate surface area is 128 Å². The van der Waals surface area contributed by atoms with E-state index in [1.165, 1.54) is 12.8 Å². The number of hydrogen-bond donors (Lipinski definition) is 3. The van der Waals surface area contributed by atoms with E-state index >= 15 is 0 Å². The molecule has 21 heavy (non-hydrogen) atoms. The van der Waals surface area contributed by atoms with Crippen molar-refractivity contribution >= 4 is 27.9 Å². The molecule has 6 heteroatoms. The fourth-order valence-electron chi connectivity index (χ4n) is 2.56. The van der Waals surface area contributed by atoms with Crippen LogP contribution in [0.2, 0.25) is 0 Å². The minimum atomic E-state index is -0.203. The molecule has 1 aliphatic heterocycles. The average Bonchev–Trinajstić information content (AvgIpc) is 2.53. The number of hydrogen-bond acceptors (Lipinski definition) is 5. The van der Waals surface area contributed by atoms with Crippen LogP contribution in [0.1, 0.15) is 12.8 Å². The molecule has 0 bridgehead atoms. The summed E-state index contributed by atoms with van der Waals surface area (Å²) in [4.78, 5) is 13.7. The van der Waals surface area contributed by atoms with Gasteiger partial charge in [-0.3, -0.25) is 0 Å².